The summed E-state index contributed by atoms with van der Waals surface area (Å²) in [5.41, 5.74) is 4.76. The average molecular weight is 231 g/mol. The number of benzene rings is 1. The minimum absolute atomic E-state index is 0.428. The molecule has 0 amide bonds. The summed E-state index contributed by atoms with van der Waals surface area (Å²) in [5, 5.41) is 3.55. The summed E-state index contributed by atoms with van der Waals surface area (Å²) in [5.74, 6) is 0.829. The van der Waals surface area contributed by atoms with Crippen molar-refractivity contribution in [3.05, 3.63) is 34.9 Å². The van der Waals surface area contributed by atoms with Gasteiger partial charge in [0.1, 0.15) is 0 Å². The van der Waals surface area contributed by atoms with Crippen molar-refractivity contribution in [1.82, 2.24) is 5.32 Å². The Bertz CT molecular complexity index is 376. The number of nitrogens with one attached hydrogen (secondary N) is 1. The maximum atomic E-state index is 3.55. The highest BCUT2D eigenvalue weighted by Crippen LogP contribution is 2.53. The quantitative estimate of drug-likeness (QED) is 0.764. The van der Waals surface area contributed by atoms with Gasteiger partial charge in [-0.05, 0) is 56.7 Å². The monoisotopic (exact) mass is 231 g/mol. The molecule has 1 aromatic rings. The van der Waals surface area contributed by atoms with E-state index < -0.39 is 0 Å². The van der Waals surface area contributed by atoms with Crippen LogP contribution in [0.1, 0.15) is 43.4 Å². The van der Waals surface area contributed by atoms with Crippen LogP contribution >= 0.6 is 0 Å². The molecule has 2 atom stereocenters. The van der Waals surface area contributed by atoms with Gasteiger partial charge in [0.05, 0.1) is 0 Å². The van der Waals surface area contributed by atoms with E-state index in [0.29, 0.717) is 5.41 Å². The van der Waals surface area contributed by atoms with Crippen LogP contribution in [0.4, 0.5) is 0 Å². The highest BCUT2D eigenvalue weighted by Gasteiger charge is 2.50. The minimum atomic E-state index is 0.428. The number of hydrogen-bond donors (Lipinski definition) is 1. The molecule has 1 heteroatoms. The molecule has 1 N–H and O–H groups in total. The fourth-order valence-electron chi connectivity index (χ4n) is 2.86. The first-order chi connectivity index (χ1) is 8.06. The predicted molar refractivity (Wildman–Crippen MR) is 74.5 cm³/mol. The van der Waals surface area contributed by atoms with Gasteiger partial charge in [-0.2, -0.15) is 0 Å². The molecule has 94 valence electrons. The molecule has 0 saturated heterocycles. The molecule has 0 heterocycles. The molecular formula is C16H25N. The summed E-state index contributed by atoms with van der Waals surface area (Å²) < 4.78 is 0. The maximum Gasteiger partial charge on any atom is -0.00118 e. The van der Waals surface area contributed by atoms with Crippen LogP contribution in [0.25, 0.3) is 0 Å². The van der Waals surface area contributed by atoms with E-state index in [1.165, 1.54) is 30.5 Å². The van der Waals surface area contributed by atoms with E-state index in [0.717, 1.165) is 12.5 Å². The molecule has 0 spiro atoms. The fourth-order valence-corrected chi connectivity index (χ4v) is 2.86. The first-order valence-electron chi connectivity index (χ1n) is 6.85. The lowest BCUT2D eigenvalue weighted by Crippen LogP contribution is -2.21. The summed E-state index contributed by atoms with van der Waals surface area (Å²) in [6.07, 6.45) is 2.57. The van der Waals surface area contributed by atoms with Crippen molar-refractivity contribution < 1.29 is 0 Å². The van der Waals surface area contributed by atoms with E-state index >= 15 is 0 Å². The van der Waals surface area contributed by atoms with Gasteiger partial charge in [0.15, 0.2) is 0 Å². The smallest absolute Gasteiger partial charge is 0.00118 e. The molecule has 0 radical (unpaired) electrons. The second-order valence-corrected chi connectivity index (χ2v) is 5.90. The number of rotatable bonds is 5. The van der Waals surface area contributed by atoms with Crippen molar-refractivity contribution in [2.75, 3.05) is 13.1 Å². The molecule has 0 bridgehead atoms. The summed E-state index contributed by atoms with van der Waals surface area (Å²) in [4.78, 5) is 0. The molecule has 1 aliphatic rings. The lowest BCUT2D eigenvalue weighted by Gasteiger charge is -2.14. The number of hydrogen-bond acceptors (Lipinski definition) is 1. The Hall–Kier alpha value is -0.820. The van der Waals surface area contributed by atoms with Crippen molar-refractivity contribution in [2.24, 2.45) is 5.92 Å². The zero-order valence-corrected chi connectivity index (χ0v) is 11.6. The predicted octanol–water partition coefficient (Wildman–Crippen LogP) is 3.58. The summed E-state index contributed by atoms with van der Waals surface area (Å²) >= 11 is 0. The van der Waals surface area contributed by atoms with Gasteiger partial charge in [-0.15, -0.1) is 0 Å². The van der Waals surface area contributed by atoms with Gasteiger partial charge >= 0.3 is 0 Å². The zero-order valence-electron chi connectivity index (χ0n) is 11.6. The highest BCUT2D eigenvalue weighted by molar-refractivity contribution is 5.38. The minimum Gasteiger partial charge on any atom is -0.316 e. The molecule has 0 aliphatic heterocycles. The Morgan fingerprint density at radius 2 is 1.88 bits per heavy atom. The van der Waals surface area contributed by atoms with Gasteiger partial charge < -0.3 is 5.32 Å². The van der Waals surface area contributed by atoms with Crippen LogP contribution < -0.4 is 5.32 Å². The van der Waals surface area contributed by atoms with Crippen molar-refractivity contribution >= 4 is 0 Å². The SMILES string of the molecule is CCCNCC1CC1(C)c1cc(C)cc(C)c1. The lowest BCUT2D eigenvalue weighted by atomic mass is 9.92. The standard InChI is InChI=1S/C16H25N/c1-5-6-17-11-15-10-16(15,4)14-8-12(2)7-13(3)9-14/h7-9,15,17H,5-6,10-11H2,1-4H3. The molecule has 17 heavy (non-hydrogen) atoms. The van der Waals surface area contributed by atoms with Crippen molar-refractivity contribution in [3.8, 4) is 0 Å². The molecule has 2 unspecified atom stereocenters. The van der Waals surface area contributed by atoms with Crippen molar-refractivity contribution in [1.29, 1.82) is 0 Å². The van der Waals surface area contributed by atoms with Crippen LogP contribution in [-0.2, 0) is 5.41 Å². The molecule has 1 fully saturated rings. The lowest BCUT2D eigenvalue weighted by molar-refractivity contribution is 0.575. The van der Waals surface area contributed by atoms with Gasteiger partial charge in [-0.25, -0.2) is 0 Å². The second kappa shape index (κ2) is 4.81. The third-order valence-corrected chi connectivity index (χ3v) is 4.11. The third-order valence-electron chi connectivity index (χ3n) is 4.11. The van der Waals surface area contributed by atoms with Crippen LogP contribution in [0, 0.1) is 19.8 Å². The van der Waals surface area contributed by atoms with Gasteiger partial charge in [-0.1, -0.05) is 43.2 Å². The Morgan fingerprint density at radius 1 is 1.24 bits per heavy atom. The molecule has 0 aromatic heterocycles. The summed E-state index contributed by atoms with van der Waals surface area (Å²) in [7, 11) is 0. The summed E-state index contributed by atoms with van der Waals surface area (Å²) in [6.45, 7) is 11.4. The third kappa shape index (κ3) is 2.71. The van der Waals surface area contributed by atoms with E-state index in [-0.39, 0.29) is 0 Å². The maximum absolute atomic E-state index is 3.55. The molecule has 1 aliphatic carbocycles. The fraction of sp³-hybridized carbons (Fsp3) is 0.625. The van der Waals surface area contributed by atoms with E-state index in [9.17, 15) is 0 Å². The van der Waals surface area contributed by atoms with Crippen molar-refractivity contribution in [3.63, 3.8) is 0 Å². The topological polar surface area (TPSA) is 12.0 Å². The first-order valence-corrected chi connectivity index (χ1v) is 6.85. The summed E-state index contributed by atoms with van der Waals surface area (Å²) in [6, 6.07) is 7.00. The molecule has 1 saturated carbocycles. The van der Waals surface area contributed by atoms with Crippen LogP contribution in [0.2, 0.25) is 0 Å². The Balaban J connectivity index is 2.03. The molecule has 1 nitrogen and oxygen atoms in total. The Kier molecular flexibility index (Phi) is 3.58. The highest BCUT2D eigenvalue weighted by atomic mass is 14.9. The number of aryl methyl sites for hydroxylation is 2. The van der Waals surface area contributed by atoms with E-state index in [2.05, 4.69) is 51.2 Å². The zero-order chi connectivity index (χ0) is 12.5. The second-order valence-electron chi connectivity index (χ2n) is 5.90. The Labute approximate surface area is 106 Å². The molecule has 1 aromatic carbocycles. The normalized spacial score (nSPS) is 27.2. The molecule has 2 rings (SSSR count). The molecular weight excluding hydrogens is 206 g/mol. The van der Waals surface area contributed by atoms with Gasteiger partial charge in [0.25, 0.3) is 0 Å². The first kappa shape index (κ1) is 12.6. The Morgan fingerprint density at radius 3 is 2.47 bits per heavy atom. The van der Waals surface area contributed by atoms with E-state index in [1.807, 2.05) is 0 Å². The van der Waals surface area contributed by atoms with Crippen LogP contribution in [0.5, 0.6) is 0 Å². The van der Waals surface area contributed by atoms with Crippen LogP contribution in [0.15, 0.2) is 18.2 Å². The van der Waals surface area contributed by atoms with Gasteiger partial charge in [-0.3, -0.25) is 0 Å². The van der Waals surface area contributed by atoms with Gasteiger partial charge in [0, 0.05) is 0 Å². The largest absolute Gasteiger partial charge is 0.316 e. The average Bonchev–Trinajstić information content (AvgIpc) is 2.90. The van der Waals surface area contributed by atoms with Crippen molar-refractivity contribution in [2.45, 2.75) is 46.0 Å². The van der Waals surface area contributed by atoms with Crippen LogP contribution in [0.3, 0.4) is 0 Å². The van der Waals surface area contributed by atoms with Crippen LogP contribution in [-0.4, -0.2) is 13.1 Å². The van der Waals surface area contributed by atoms with E-state index in [4.69, 9.17) is 0 Å². The van der Waals surface area contributed by atoms with E-state index in [1.54, 1.807) is 5.56 Å². The van der Waals surface area contributed by atoms with Gasteiger partial charge in [0.2, 0.25) is 0 Å².